The molecule has 3 rings (SSSR count). The van der Waals surface area contributed by atoms with Gasteiger partial charge in [0.15, 0.2) is 0 Å². The van der Waals surface area contributed by atoms with Crippen molar-refractivity contribution in [2.75, 3.05) is 0 Å². The molecule has 2 aromatic heterocycles. The van der Waals surface area contributed by atoms with Crippen molar-refractivity contribution in [2.24, 2.45) is 0 Å². The molecule has 0 aliphatic heterocycles. The lowest BCUT2D eigenvalue weighted by Gasteiger charge is -2.03. The maximum absolute atomic E-state index is 12.8. The van der Waals surface area contributed by atoms with Gasteiger partial charge in [0, 0.05) is 0 Å². The summed E-state index contributed by atoms with van der Waals surface area (Å²) in [7, 11) is 0. The Hall–Kier alpha value is -2.40. The fraction of sp³-hybridized carbons (Fsp3) is 0.118. The maximum atomic E-state index is 12.8. The third kappa shape index (κ3) is 3.62. The lowest BCUT2D eigenvalue weighted by Crippen LogP contribution is -2.24. The van der Waals surface area contributed by atoms with E-state index >= 15 is 0 Å². The molecule has 0 aliphatic carbocycles. The van der Waals surface area contributed by atoms with E-state index in [2.05, 4.69) is 5.32 Å². The molecule has 0 atom stereocenters. The van der Waals surface area contributed by atoms with Gasteiger partial charge in [0.25, 0.3) is 0 Å². The van der Waals surface area contributed by atoms with Gasteiger partial charge in [-0.25, -0.2) is 4.39 Å². The third-order valence-electron chi connectivity index (χ3n) is 3.16. The van der Waals surface area contributed by atoms with E-state index < -0.39 is 0 Å². The molecule has 0 unspecified atom stereocenters. The fourth-order valence-electron chi connectivity index (χ4n) is 2.06. The minimum atomic E-state index is -0.305. The Morgan fingerprint density at radius 1 is 1.14 bits per heavy atom. The van der Waals surface area contributed by atoms with Crippen LogP contribution in [0.2, 0.25) is 0 Å². The highest BCUT2D eigenvalue weighted by Crippen LogP contribution is 2.26. The Balaban J connectivity index is 1.54. The average Bonchev–Trinajstić information content (AvgIpc) is 3.18. The molecule has 0 saturated carbocycles. The van der Waals surface area contributed by atoms with Crippen LogP contribution in [-0.2, 0) is 17.8 Å². The molecule has 1 N–H and O–H groups in total. The van der Waals surface area contributed by atoms with Gasteiger partial charge in [0.05, 0.1) is 17.8 Å². The van der Waals surface area contributed by atoms with Crippen molar-refractivity contribution in [3.8, 4) is 10.6 Å². The summed E-state index contributed by atoms with van der Waals surface area (Å²) in [5.74, 6) is 1.08. The van der Waals surface area contributed by atoms with E-state index in [9.17, 15) is 9.18 Å². The van der Waals surface area contributed by atoms with Crippen molar-refractivity contribution in [3.05, 3.63) is 71.1 Å². The Labute approximate surface area is 131 Å². The number of carbonyl (C=O) groups excluding carboxylic acids is 1. The number of thiophene rings is 1. The van der Waals surface area contributed by atoms with Crippen molar-refractivity contribution >= 4 is 17.2 Å². The molecule has 112 valence electrons. The number of furan rings is 1. The van der Waals surface area contributed by atoms with Crippen molar-refractivity contribution in [1.82, 2.24) is 5.32 Å². The van der Waals surface area contributed by atoms with Crippen LogP contribution in [0.1, 0.15) is 11.3 Å². The predicted octanol–water partition coefficient (Wildman–Crippen LogP) is 4.01. The quantitative estimate of drug-likeness (QED) is 0.773. The molecular formula is C17H14FNO2S. The first-order valence-corrected chi connectivity index (χ1v) is 7.72. The summed E-state index contributed by atoms with van der Waals surface area (Å²) < 4.78 is 18.5. The molecule has 0 saturated heterocycles. The van der Waals surface area contributed by atoms with Crippen LogP contribution in [0.15, 0.2) is 58.3 Å². The third-order valence-corrected chi connectivity index (χ3v) is 4.05. The minimum absolute atomic E-state index is 0.124. The van der Waals surface area contributed by atoms with Gasteiger partial charge in [-0.3, -0.25) is 4.79 Å². The molecule has 3 nitrogen and oxygen atoms in total. The number of hydrogen-bond acceptors (Lipinski definition) is 3. The van der Waals surface area contributed by atoms with Crippen LogP contribution in [0.5, 0.6) is 0 Å². The van der Waals surface area contributed by atoms with Gasteiger partial charge in [-0.2, -0.15) is 0 Å². The number of halogens is 1. The zero-order valence-electron chi connectivity index (χ0n) is 11.7. The Kier molecular flexibility index (Phi) is 4.34. The van der Waals surface area contributed by atoms with Crippen LogP contribution in [-0.4, -0.2) is 5.91 Å². The van der Waals surface area contributed by atoms with E-state index in [4.69, 9.17) is 4.42 Å². The average molecular weight is 315 g/mol. The van der Waals surface area contributed by atoms with E-state index in [0.717, 1.165) is 16.2 Å². The highest BCUT2D eigenvalue weighted by atomic mass is 32.1. The topological polar surface area (TPSA) is 42.2 Å². The van der Waals surface area contributed by atoms with Gasteiger partial charge in [0.1, 0.15) is 17.3 Å². The number of nitrogens with one attached hydrogen (secondary N) is 1. The molecule has 0 bridgehead atoms. The lowest BCUT2D eigenvalue weighted by molar-refractivity contribution is -0.120. The SMILES string of the molecule is O=C(Cc1ccc(F)cc1)NCc1ccc(-c2cccs2)o1. The van der Waals surface area contributed by atoms with Crippen LogP contribution >= 0.6 is 11.3 Å². The highest BCUT2D eigenvalue weighted by molar-refractivity contribution is 7.13. The highest BCUT2D eigenvalue weighted by Gasteiger charge is 2.08. The summed E-state index contributed by atoms with van der Waals surface area (Å²) in [6.45, 7) is 0.339. The second-order valence-corrected chi connectivity index (χ2v) is 5.77. The van der Waals surface area contributed by atoms with Gasteiger partial charge in [0.2, 0.25) is 5.91 Å². The van der Waals surface area contributed by atoms with E-state index in [1.54, 1.807) is 23.5 Å². The Bertz CT molecular complexity index is 747. The fourth-order valence-corrected chi connectivity index (χ4v) is 2.75. The maximum Gasteiger partial charge on any atom is 0.224 e. The molecular weight excluding hydrogens is 301 g/mol. The summed E-state index contributed by atoms with van der Waals surface area (Å²) in [6.07, 6.45) is 0.221. The molecule has 0 fully saturated rings. The molecule has 0 spiro atoms. The number of amides is 1. The van der Waals surface area contributed by atoms with E-state index in [0.29, 0.717) is 12.3 Å². The molecule has 22 heavy (non-hydrogen) atoms. The van der Waals surface area contributed by atoms with E-state index in [-0.39, 0.29) is 18.1 Å². The van der Waals surface area contributed by atoms with Crippen molar-refractivity contribution in [1.29, 1.82) is 0 Å². The van der Waals surface area contributed by atoms with E-state index in [1.807, 2.05) is 29.6 Å². The van der Waals surface area contributed by atoms with Gasteiger partial charge in [-0.05, 0) is 41.3 Å². The van der Waals surface area contributed by atoms with Crippen molar-refractivity contribution in [2.45, 2.75) is 13.0 Å². The first-order chi connectivity index (χ1) is 10.7. The van der Waals surface area contributed by atoms with Crippen LogP contribution < -0.4 is 5.32 Å². The van der Waals surface area contributed by atoms with E-state index in [1.165, 1.54) is 12.1 Å². The number of rotatable bonds is 5. The van der Waals surface area contributed by atoms with Crippen LogP contribution in [0.3, 0.4) is 0 Å². The number of benzene rings is 1. The molecule has 2 heterocycles. The Morgan fingerprint density at radius 3 is 2.68 bits per heavy atom. The predicted molar refractivity (Wildman–Crippen MR) is 84.0 cm³/mol. The summed E-state index contributed by atoms with van der Waals surface area (Å²) in [4.78, 5) is 12.9. The molecule has 0 aliphatic rings. The summed E-state index contributed by atoms with van der Waals surface area (Å²) in [5.41, 5.74) is 0.776. The molecule has 1 amide bonds. The molecule has 5 heteroatoms. The first kappa shape index (κ1) is 14.5. The van der Waals surface area contributed by atoms with Gasteiger partial charge < -0.3 is 9.73 Å². The second-order valence-electron chi connectivity index (χ2n) is 4.82. The monoisotopic (exact) mass is 315 g/mol. The molecule has 1 aromatic carbocycles. The summed E-state index contributed by atoms with van der Waals surface area (Å²) in [5, 5.41) is 4.79. The first-order valence-electron chi connectivity index (χ1n) is 6.84. The van der Waals surface area contributed by atoms with Gasteiger partial charge in [-0.1, -0.05) is 18.2 Å². The minimum Gasteiger partial charge on any atom is -0.458 e. The zero-order valence-corrected chi connectivity index (χ0v) is 12.5. The largest absolute Gasteiger partial charge is 0.458 e. The van der Waals surface area contributed by atoms with Crippen molar-refractivity contribution < 1.29 is 13.6 Å². The van der Waals surface area contributed by atoms with Crippen LogP contribution in [0.25, 0.3) is 10.6 Å². The second kappa shape index (κ2) is 6.58. The summed E-state index contributed by atoms with van der Waals surface area (Å²) in [6, 6.07) is 13.6. The normalized spacial score (nSPS) is 10.6. The molecule has 3 aromatic rings. The van der Waals surface area contributed by atoms with Crippen molar-refractivity contribution in [3.63, 3.8) is 0 Å². The van der Waals surface area contributed by atoms with Crippen LogP contribution in [0.4, 0.5) is 4.39 Å². The smallest absolute Gasteiger partial charge is 0.224 e. The molecule has 0 radical (unpaired) electrons. The Morgan fingerprint density at radius 2 is 1.95 bits per heavy atom. The number of hydrogen-bond donors (Lipinski definition) is 1. The van der Waals surface area contributed by atoms with Gasteiger partial charge in [-0.15, -0.1) is 11.3 Å². The zero-order chi connectivity index (χ0) is 15.4. The van der Waals surface area contributed by atoms with Crippen LogP contribution in [0, 0.1) is 5.82 Å². The summed E-state index contributed by atoms with van der Waals surface area (Å²) >= 11 is 1.60. The lowest BCUT2D eigenvalue weighted by atomic mass is 10.1. The standard InChI is InChI=1S/C17H14FNO2S/c18-13-5-3-12(4-6-13)10-17(20)19-11-14-7-8-15(21-14)16-2-1-9-22-16/h1-9H,10-11H2,(H,19,20). The number of carbonyl (C=O) groups is 1. The van der Waals surface area contributed by atoms with Gasteiger partial charge >= 0.3 is 0 Å².